The first-order chi connectivity index (χ1) is 9.87. The molecule has 0 bridgehead atoms. The predicted molar refractivity (Wildman–Crippen MR) is 90.1 cm³/mol. The standard InChI is InChI=1S/C12H11Br2NO4S2/c1-18-7-3-4-9(10(5-7)19-2)15-21(16,17)11-6-8(13)12(14)20-11/h3-6,15H,1-2H3. The van der Waals surface area contributed by atoms with Crippen LogP contribution < -0.4 is 14.2 Å². The zero-order chi connectivity index (χ0) is 15.6. The lowest BCUT2D eigenvalue weighted by atomic mass is 10.3. The van der Waals surface area contributed by atoms with Crippen LogP contribution in [0.4, 0.5) is 5.69 Å². The molecule has 5 nitrogen and oxygen atoms in total. The van der Waals surface area contributed by atoms with Gasteiger partial charge in [-0.15, -0.1) is 11.3 Å². The third kappa shape index (κ3) is 3.71. The van der Waals surface area contributed by atoms with Crippen molar-refractivity contribution in [2.24, 2.45) is 0 Å². The van der Waals surface area contributed by atoms with Crippen LogP contribution in [-0.4, -0.2) is 22.6 Å². The Morgan fingerprint density at radius 1 is 1.14 bits per heavy atom. The summed E-state index contributed by atoms with van der Waals surface area (Å²) in [4.78, 5) is 0. The van der Waals surface area contributed by atoms with Gasteiger partial charge in [0.1, 0.15) is 15.7 Å². The molecule has 1 heterocycles. The topological polar surface area (TPSA) is 64.6 Å². The van der Waals surface area contributed by atoms with Gasteiger partial charge in [-0.2, -0.15) is 0 Å². The zero-order valence-corrected chi connectivity index (χ0v) is 15.8. The molecule has 1 aromatic carbocycles. The zero-order valence-electron chi connectivity index (χ0n) is 11.0. The molecule has 2 rings (SSSR count). The molecule has 0 saturated carbocycles. The van der Waals surface area contributed by atoms with Gasteiger partial charge in [0.05, 0.1) is 23.7 Å². The number of hydrogen-bond donors (Lipinski definition) is 1. The second kappa shape index (κ2) is 6.55. The van der Waals surface area contributed by atoms with Crippen LogP contribution in [-0.2, 0) is 10.0 Å². The molecular weight excluding hydrogens is 446 g/mol. The molecule has 1 aromatic heterocycles. The molecule has 0 aliphatic heterocycles. The van der Waals surface area contributed by atoms with Crippen molar-refractivity contribution in [3.63, 3.8) is 0 Å². The highest BCUT2D eigenvalue weighted by Gasteiger charge is 2.20. The van der Waals surface area contributed by atoms with Crippen LogP contribution >= 0.6 is 43.2 Å². The summed E-state index contributed by atoms with van der Waals surface area (Å²) < 4.78 is 39.1. The Kier molecular flexibility index (Phi) is 5.18. The summed E-state index contributed by atoms with van der Waals surface area (Å²) in [5.41, 5.74) is 0.346. The lowest BCUT2D eigenvalue weighted by molar-refractivity contribution is 0.395. The second-order valence-corrected chi connectivity index (χ2v) is 8.99. The summed E-state index contributed by atoms with van der Waals surface area (Å²) in [5, 5.41) is 0. The normalized spacial score (nSPS) is 11.2. The van der Waals surface area contributed by atoms with Crippen LogP contribution in [0.5, 0.6) is 11.5 Å². The van der Waals surface area contributed by atoms with Crippen molar-refractivity contribution in [3.8, 4) is 11.5 Å². The molecule has 0 amide bonds. The summed E-state index contributed by atoms with van der Waals surface area (Å²) in [6, 6.07) is 6.39. The number of methoxy groups -OCH3 is 2. The molecule has 114 valence electrons. The van der Waals surface area contributed by atoms with E-state index in [9.17, 15) is 8.42 Å². The fourth-order valence-corrected chi connectivity index (χ4v) is 5.43. The second-order valence-electron chi connectivity index (χ2n) is 3.86. The van der Waals surface area contributed by atoms with Gasteiger partial charge in [-0.25, -0.2) is 8.42 Å². The largest absolute Gasteiger partial charge is 0.497 e. The van der Waals surface area contributed by atoms with Crippen LogP contribution in [0, 0.1) is 0 Å². The Labute approximate surface area is 143 Å². The molecule has 0 radical (unpaired) electrons. The van der Waals surface area contributed by atoms with E-state index in [4.69, 9.17) is 9.47 Å². The monoisotopic (exact) mass is 455 g/mol. The van der Waals surface area contributed by atoms with Gasteiger partial charge in [0.25, 0.3) is 10.0 Å². The molecule has 0 spiro atoms. The number of ether oxygens (including phenoxy) is 2. The van der Waals surface area contributed by atoms with E-state index in [-0.39, 0.29) is 4.21 Å². The maximum Gasteiger partial charge on any atom is 0.271 e. The molecule has 1 N–H and O–H groups in total. The first-order valence-electron chi connectivity index (χ1n) is 5.57. The number of rotatable bonds is 5. The van der Waals surface area contributed by atoms with Gasteiger partial charge in [-0.1, -0.05) is 0 Å². The van der Waals surface area contributed by atoms with E-state index in [1.807, 2.05) is 0 Å². The maximum absolute atomic E-state index is 12.4. The van der Waals surface area contributed by atoms with Crippen LogP contribution in [0.1, 0.15) is 0 Å². The molecule has 0 saturated heterocycles. The Morgan fingerprint density at radius 2 is 1.86 bits per heavy atom. The lowest BCUT2D eigenvalue weighted by Gasteiger charge is -2.12. The van der Waals surface area contributed by atoms with Crippen molar-refractivity contribution >= 4 is 58.9 Å². The average molecular weight is 457 g/mol. The number of thiophene rings is 1. The van der Waals surface area contributed by atoms with E-state index < -0.39 is 10.0 Å². The summed E-state index contributed by atoms with van der Waals surface area (Å²) >= 11 is 7.67. The Balaban J connectivity index is 2.36. The average Bonchev–Trinajstić information content (AvgIpc) is 2.79. The van der Waals surface area contributed by atoms with Gasteiger partial charge in [-0.3, -0.25) is 4.72 Å². The van der Waals surface area contributed by atoms with Gasteiger partial charge in [-0.05, 0) is 50.1 Å². The van der Waals surface area contributed by atoms with Crippen LogP contribution in [0.25, 0.3) is 0 Å². The van der Waals surface area contributed by atoms with Crippen molar-refractivity contribution in [2.75, 3.05) is 18.9 Å². The van der Waals surface area contributed by atoms with E-state index in [2.05, 4.69) is 36.6 Å². The maximum atomic E-state index is 12.4. The SMILES string of the molecule is COc1ccc(NS(=O)(=O)c2cc(Br)c(Br)s2)c(OC)c1. The molecule has 0 atom stereocenters. The van der Waals surface area contributed by atoms with Gasteiger partial charge in [0.2, 0.25) is 0 Å². The third-order valence-electron chi connectivity index (χ3n) is 2.54. The minimum absolute atomic E-state index is 0.194. The molecule has 0 fully saturated rings. The van der Waals surface area contributed by atoms with Crippen molar-refractivity contribution in [1.29, 1.82) is 0 Å². The van der Waals surface area contributed by atoms with E-state index in [0.29, 0.717) is 25.4 Å². The minimum Gasteiger partial charge on any atom is -0.497 e. The van der Waals surface area contributed by atoms with Gasteiger partial charge < -0.3 is 9.47 Å². The van der Waals surface area contributed by atoms with Crippen LogP contribution in [0.3, 0.4) is 0 Å². The number of sulfonamides is 1. The predicted octanol–water partition coefficient (Wildman–Crippen LogP) is 4.09. The molecule has 0 aliphatic rings. The highest BCUT2D eigenvalue weighted by Crippen LogP contribution is 2.37. The summed E-state index contributed by atoms with van der Waals surface area (Å²) in [6.07, 6.45) is 0. The number of anilines is 1. The van der Waals surface area contributed by atoms with E-state index in [1.165, 1.54) is 20.3 Å². The van der Waals surface area contributed by atoms with E-state index >= 15 is 0 Å². The van der Waals surface area contributed by atoms with Crippen molar-refractivity contribution in [2.45, 2.75) is 4.21 Å². The number of benzene rings is 1. The van der Waals surface area contributed by atoms with Crippen molar-refractivity contribution < 1.29 is 17.9 Å². The Hall–Kier alpha value is -0.770. The number of halogens is 2. The van der Waals surface area contributed by atoms with E-state index in [1.54, 1.807) is 18.2 Å². The lowest BCUT2D eigenvalue weighted by Crippen LogP contribution is -2.12. The highest BCUT2D eigenvalue weighted by atomic mass is 79.9. The Morgan fingerprint density at radius 3 is 2.38 bits per heavy atom. The smallest absolute Gasteiger partial charge is 0.271 e. The third-order valence-corrected chi connectivity index (χ3v) is 7.64. The Bertz CT molecular complexity index is 739. The van der Waals surface area contributed by atoms with E-state index in [0.717, 1.165) is 11.3 Å². The first kappa shape index (κ1) is 16.6. The van der Waals surface area contributed by atoms with Crippen molar-refractivity contribution in [3.05, 3.63) is 32.5 Å². The fraction of sp³-hybridized carbons (Fsp3) is 0.167. The van der Waals surface area contributed by atoms with Crippen molar-refractivity contribution in [1.82, 2.24) is 0 Å². The molecule has 21 heavy (non-hydrogen) atoms. The quantitative estimate of drug-likeness (QED) is 0.735. The molecule has 0 unspecified atom stereocenters. The molecule has 9 heteroatoms. The molecule has 2 aromatic rings. The molecule has 0 aliphatic carbocycles. The van der Waals surface area contributed by atoms with Crippen LogP contribution in [0.15, 0.2) is 36.7 Å². The number of hydrogen-bond acceptors (Lipinski definition) is 5. The summed E-state index contributed by atoms with van der Waals surface area (Å²) in [5.74, 6) is 0.962. The number of nitrogens with one attached hydrogen (secondary N) is 1. The van der Waals surface area contributed by atoms with Gasteiger partial charge >= 0.3 is 0 Å². The first-order valence-corrected chi connectivity index (χ1v) is 9.45. The minimum atomic E-state index is -3.68. The summed E-state index contributed by atoms with van der Waals surface area (Å²) in [7, 11) is -0.689. The highest BCUT2D eigenvalue weighted by molar-refractivity contribution is 9.13. The van der Waals surface area contributed by atoms with Crippen LogP contribution in [0.2, 0.25) is 0 Å². The van der Waals surface area contributed by atoms with Gasteiger partial charge in [0.15, 0.2) is 0 Å². The molecular formula is C12H11Br2NO4S2. The van der Waals surface area contributed by atoms with Gasteiger partial charge in [0, 0.05) is 10.5 Å². The fourth-order valence-electron chi connectivity index (χ4n) is 1.54. The summed E-state index contributed by atoms with van der Waals surface area (Å²) in [6.45, 7) is 0.